The van der Waals surface area contributed by atoms with Crippen LogP contribution in [0, 0.1) is 34.5 Å². The Labute approximate surface area is 288 Å². The molecule has 270 valence electrons. The molecule has 3 saturated carbocycles. The van der Waals surface area contributed by atoms with Gasteiger partial charge in [0.1, 0.15) is 12.1 Å². The number of carbonyl (C=O) groups is 5. The monoisotopic (exact) mass is 690 g/mol. The van der Waals surface area contributed by atoms with Crippen LogP contribution in [0.3, 0.4) is 0 Å². The maximum Gasteiger partial charge on any atom is 0.315 e. The highest BCUT2D eigenvalue weighted by molar-refractivity contribution is 7.81. The number of hydrogen-bond acceptors (Lipinski definition) is 6. The van der Waals surface area contributed by atoms with E-state index in [0.717, 1.165) is 44.9 Å². The van der Waals surface area contributed by atoms with Gasteiger partial charge in [0.25, 0.3) is 5.91 Å². The molecule has 13 heteroatoms. The summed E-state index contributed by atoms with van der Waals surface area (Å²) in [4.78, 5) is 69.8. The van der Waals surface area contributed by atoms with E-state index in [1.807, 2.05) is 20.8 Å². The van der Waals surface area contributed by atoms with Gasteiger partial charge in [-0.3, -0.25) is 19.2 Å². The van der Waals surface area contributed by atoms with Crippen LogP contribution in [0.4, 0.5) is 4.79 Å². The summed E-state index contributed by atoms with van der Waals surface area (Å²) in [6, 6.07) is -3.43. The Bertz CT molecular complexity index is 1270. The van der Waals surface area contributed by atoms with E-state index in [2.05, 4.69) is 41.7 Å². The number of Topliss-reactive ketones (excluding diaryl/α,β-unsaturated/α-hetero) is 1. The molecule has 48 heavy (non-hydrogen) atoms. The molecule has 7 atom stereocenters. The third kappa shape index (κ3) is 9.05. The van der Waals surface area contributed by atoms with Crippen LogP contribution < -0.4 is 21.3 Å². The van der Waals surface area contributed by atoms with Gasteiger partial charge >= 0.3 is 6.03 Å². The van der Waals surface area contributed by atoms with E-state index in [9.17, 15) is 28.2 Å². The lowest BCUT2D eigenvalue weighted by Crippen LogP contribution is -2.61. The van der Waals surface area contributed by atoms with Gasteiger partial charge in [0.15, 0.2) is 0 Å². The van der Waals surface area contributed by atoms with E-state index >= 15 is 0 Å². The number of urea groups is 1. The fourth-order valence-electron chi connectivity index (χ4n) is 7.67. The number of nitrogens with one attached hydrogen (secondary N) is 4. The van der Waals surface area contributed by atoms with Crippen LogP contribution in [0.2, 0.25) is 0 Å². The number of rotatable bonds is 15. The first kappa shape index (κ1) is 38.0. The molecule has 3 aliphatic carbocycles. The van der Waals surface area contributed by atoms with Crippen molar-refractivity contribution in [1.82, 2.24) is 30.5 Å². The van der Waals surface area contributed by atoms with E-state index in [0.29, 0.717) is 19.5 Å². The number of likely N-dealkylation sites (N-methyl/N-ethyl adjacent to an activating group) is 1. The topological polar surface area (TPSA) is 157 Å². The van der Waals surface area contributed by atoms with Crippen molar-refractivity contribution in [2.45, 2.75) is 110 Å². The largest absolute Gasteiger partial charge is 0.346 e. The number of hydrogen-bond donors (Lipinski definition) is 4. The fraction of sp³-hybridized carbons (Fsp3) is 0.800. The van der Waals surface area contributed by atoms with Crippen molar-refractivity contribution in [1.29, 1.82) is 0 Å². The Hall–Kier alpha value is -2.80. The Morgan fingerprint density at radius 3 is 2.23 bits per heavy atom. The molecule has 4 rings (SSSR count). The van der Waals surface area contributed by atoms with Gasteiger partial charge in [-0.25, -0.2) is 13.3 Å². The number of ketones is 1. The van der Waals surface area contributed by atoms with Crippen molar-refractivity contribution in [3.05, 3.63) is 12.7 Å². The normalized spacial score (nSPS) is 26.0. The van der Waals surface area contributed by atoms with E-state index in [1.165, 1.54) is 6.08 Å². The molecule has 4 N–H and O–H groups in total. The Kier molecular flexibility index (Phi) is 12.2. The zero-order valence-corrected chi connectivity index (χ0v) is 30.8. The number of piperidine rings is 1. The van der Waals surface area contributed by atoms with Crippen LogP contribution in [-0.4, -0.2) is 100 Å². The molecular weight excluding hydrogens is 632 g/mol. The standard InChI is InChI=1S/C35H58N6O6S/c1-9-17-36-31(44)29(42)24(18-21-15-16-21)37-30(43)28-26-23(35(26,5)6)19-41(28)32(45)27(22-13-11-10-12-14-22)39-33(46)38-25(34(2,3)4)20-40(7)48(8)47/h9,21-28H,1,10-20H2,2-8H3,(H,36,44)(H,37,43)(H2,38,39,46)/t23-,24?,25+,26-,27-,28-,48?/m0/s1. The summed E-state index contributed by atoms with van der Waals surface area (Å²) in [5, 5.41) is 11.5. The lowest BCUT2D eigenvalue weighted by Gasteiger charge is -2.38. The molecular formula is C35H58N6O6S. The molecule has 1 saturated heterocycles. The van der Waals surface area contributed by atoms with Crippen LogP contribution in [0.15, 0.2) is 12.7 Å². The number of likely N-dealkylation sites (tertiary alicyclic amines) is 1. The van der Waals surface area contributed by atoms with Crippen LogP contribution >= 0.6 is 0 Å². The predicted molar refractivity (Wildman–Crippen MR) is 186 cm³/mol. The first-order valence-corrected chi connectivity index (χ1v) is 19.1. The maximum atomic E-state index is 14.6. The van der Waals surface area contributed by atoms with Crippen LogP contribution in [0.5, 0.6) is 0 Å². The van der Waals surface area contributed by atoms with Gasteiger partial charge in [-0.05, 0) is 60.8 Å². The number of fused-ring (bicyclic) bond motifs is 1. The zero-order chi connectivity index (χ0) is 35.6. The molecule has 0 aromatic heterocycles. The summed E-state index contributed by atoms with van der Waals surface area (Å²) in [5.41, 5.74) is -0.510. The third-order valence-corrected chi connectivity index (χ3v) is 12.2. The summed E-state index contributed by atoms with van der Waals surface area (Å²) >= 11 is 0. The summed E-state index contributed by atoms with van der Waals surface area (Å²) in [5.74, 6) is -1.95. The Morgan fingerprint density at radius 2 is 1.67 bits per heavy atom. The minimum atomic E-state index is -1.21. The zero-order valence-electron chi connectivity index (χ0n) is 29.9. The molecule has 0 bridgehead atoms. The van der Waals surface area contributed by atoms with Gasteiger partial charge in [-0.2, -0.15) is 0 Å². The average molecular weight is 691 g/mol. The maximum absolute atomic E-state index is 14.6. The first-order valence-electron chi connectivity index (χ1n) is 17.6. The lowest BCUT2D eigenvalue weighted by molar-refractivity contribution is -0.144. The predicted octanol–water partition coefficient (Wildman–Crippen LogP) is 2.51. The van der Waals surface area contributed by atoms with Crippen molar-refractivity contribution in [3.8, 4) is 0 Å². The van der Waals surface area contributed by atoms with E-state index in [4.69, 9.17) is 0 Å². The van der Waals surface area contributed by atoms with Crippen molar-refractivity contribution < 1.29 is 28.2 Å². The van der Waals surface area contributed by atoms with Gasteiger partial charge < -0.3 is 26.2 Å². The van der Waals surface area contributed by atoms with Crippen molar-refractivity contribution in [3.63, 3.8) is 0 Å². The molecule has 1 heterocycles. The number of carbonyl (C=O) groups excluding carboxylic acids is 5. The van der Waals surface area contributed by atoms with Crippen molar-refractivity contribution in [2.75, 3.05) is 32.9 Å². The number of nitrogens with zero attached hydrogens (tertiary/aromatic N) is 2. The molecule has 2 unspecified atom stereocenters. The van der Waals surface area contributed by atoms with Crippen molar-refractivity contribution >= 4 is 40.5 Å². The average Bonchev–Trinajstić information content (AvgIpc) is 3.88. The minimum Gasteiger partial charge on any atom is -0.346 e. The van der Waals surface area contributed by atoms with Gasteiger partial charge in [0.2, 0.25) is 17.6 Å². The molecule has 5 amide bonds. The summed E-state index contributed by atoms with van der Waals surface area (Å²) in [7, 11) is 0.526. The SMILES string of the molecule is C=CCNC(=O)C(=O)C(CC1CC1)NC(=O)[C@@H]1[C@@H]2[C@H](CN1C(=O)[C@@H](NC(=O)N[C@H](CN(C)S(C)=O)C(C)(C)C)C1CCCCC1)C2(C)C. The molecule has 0 aromatic carbocycles. The lowest BCUT2D eigenvalue weighted by atomic mass is 9.83. The van der Waals surface area contributed by atoms with Crippen LogP contribution in [0.25, 0.3) is 0 Å². The van der Waals surface area contributed by atoms with Crippen molar-refractivity contribution in [2.24, 2.45) is 34.5 Å². The molecule has 0 spiro atoms. The van der Waals surface area contributed by atoms with Gasteiger partial charge in [-0.1, -0.05) is 72.8 Å². The van der Waals surface area contributed by atoms with Crippen LogP contribution in [-0.2, 0) is 30.2 Å². The van der Waals surface area contributed by atoms with E-state index < -0.39 is 52.7 Å². The first-order chi connectivity index (χ1) is 22.5. The highest BCUT2D eigenvalue weighted by atomic mass is 32.2. The quantitative estimate of drug-likeness (QED) is 0.153. The fourth-order valence-corrected chi connectivity index (χ4v) is 8.02. The smallest absolute Gasteiger partial charge is 0.315 e. The molecule has 12 nitrogen and oxygen atoms in total. The molecule has 0 aromatic rings. The molecule has 4 aliphatic rings. The highest BCUT2D eigenvalue weighted by Gasteiger charge is 2.69. The van der Waals surface area contributed by atoms with Gasteiger partial charge in [-0.15, -0.1) is 6.58 Å². The van der Waals surface area contributed by atoms with Gasteiger partial charge in [0.05, 0.1) is 17.0 Å². The summed E-state index contributed by atoms with van der Waals surface area (Å²) in [6.45, 7) is 14.7. The molecule has 0 radical (unpaired) electrons. The second-order valence-corrected chi connectivity index (χ2v) is 17.6. The van der Waals surface area contributed by atoms with Gasteiger partial charge in [0, 0.05) is 31.9 Å². The summed E-state index contributed by atoms with van der Waals surface area (Å²) in [6.07, 6.45) is 9.91. The molecule has 4 fully saturated rings. The third-order valence-electron chi connectivity index (χ3n) is 11.2. The molecule has 1 aliphatic heterocycles. The number of amides is 5. The highest BCUT2D eigenvalue weighted by Crippen LogP contribution is 2.65. The second kappa shape index (κ2) is 15.4. The summed E-state index contributed by atoms with van der Waals surface area (Å²) < 4.78 is 13.8. The minimum absolute atomic E-state index is 0.0812. The van der Waals surface area contributed by atoms with E-state index in [1.54, 1.807) is 22.5 Å². The van der Waals surface area contributed by atoms with Crippen LogP contribution in [0.1, 0.15) is 86.0 Å². The Balaban J connectivity index is 1.55. The Morgan fingerprint density at radius 1 is 1.02 bits per heavy atom. The van der Waals surface area contributed by atoms with E-state index in [-0.39, 0.29) is 53.0 Å². The second-order valence-electron chi connectivity index (χ2n) is 16.1.